The molecule has 28 heavy (non-hydrogen) atoms. The molecular formula is C17H10ClF4N3O3. The fraction of sp³-hybridized carbons (Fsp3) is 0.118. The zero-order valence-corrected chi connectivity index (χ0v) is 14.8. The van der Waals surface area contributed by atoms with Crippen LogP contribution in [-0.4, -0.2) is 22.1 Å². The standard InChI is InChI=1S/C17H10ClF4N3O3/c1-2-28-17(27)7-5-25(13-9(20)4-8(19)12(23)11(13)22)16-6(14(7)26)3-10(21)15(18)24-16/h3-5H,2,23H2,1H3. The fourth-order valence-corrected chi connectivity index (χ4v) is 2.68. The molecule has 3 rings (SSSR count). The van der Waals surface area contributed by atoms with E-state index < -0.39 is 67.8 Å². The van der Waals surface area contributed by atoms with Crippen LogP contribution in [0.4, 0.5) is 23.2 Å². The van der Waals surface area contributed by atoms with E-state index in [9.17, 15) is 27.2 Å². The highest BCUT2D eigenvalue weighted by atomic mass is 35.5. The number of rotatable bonds is 3. The first kappa shape index (κ1) is 19.6. The monoisotopic (exact) mass is 415 g/mol. The molecule has 2 heterocycles. The number of pyridine rings is 2. The number of halogens is 5. The summed E-state index contributed by atoms with van der Waals surface area (Å²) in [6.07, 6.45) is 0.739. The molecule has 1 aromatic carbocycles. The van der Waals surface area contributed by atoms with E-state index in [1.54, 1.807) is 0 Å². The average molecular weight is 416 g/mol. The molecule has 0 saturated carbocycles. The molecule has 0 aliphatic carbocycles. The molecule has 0 aliphatic heterocycles. The molecule has 0 amide bonds. The number of fused-ring (bicyclic) bond motifs is 1. The second-order valence-electron chi connectivity index (χ2n) is 5.51. The number of nitrogens with zero attached hydrogens (tertiary/aromatic N) is 2. The van der Waals surface area contributed by atoms with Crippen molar-refractivity contribution in [2.45, 2.75) is 6.92 Å². The lowest BCUT2D eigenvalue weighted by Crippen LogP contribution is -2.22. The SMILES string of the molecule is CCOC(=O)c1cn(-c2c(F)cc(F)c(N)c2F)c2nc(Cl)c(F)cc2c1=O. The van der Waals surface area contributed by atoms with E-state index >= 15 is 0 Å². The third kappa shape index (κ3) is 3.05. The predicted molar refractivity (Wildman–Crippen MR) is 92.6 cm³/mol. The largest absolute Gasteiger partial charge is 0.462 e. The minimum absolute atomic E-state index is 0.101. The summed E-state index contributed by atoms with van der Waals surface area (Å²) in [7, 11) is 0. The highest BCUT2D eigenvalue weighted by Gasteiger charge is 2.24. The maximum atomic E-state index is 14.5. The highest BCUT2D eigenvalue weighted by Crippen LogP contribution is 2.28. The topological polar surface area (TPSA) is 87.2 Å². The van der Waals surface area contributed by atoms with E-state index in [4.69, 9.17) is 22.1 Å². The van der Waals surface area contributed by atoms with E-state index in [1.807, 2.05) is 0 Å². The number of ether oxygens (including phenoxy) is 1. The molecule has 0 saturated heterocycles. The second-order valence-corrected chi connectivity index (χ2v) is 5.87. The van der Waals surface area contributed by atoms with E-state index in [1.165, 1.54) is 6.92 Å². The Balaban J connectivity index is 2.51. The van der Waals surface area contributed by atoms with Crippen molar-refractivity contribution in [2.75, 3.05) is 12.3 Å². The molecule has 0 spiro atoms. The molecule has 3 aromatic rings. The molecular weight excluding hydrogens is 406 g/mol. The first-order valence-electron chi connectivity index (χ1n) is 7.69. The molecule has 2 N–H and O–H groups in total. The molecule has 0 bridgehead atoms. The lowest BCUT2D eigenvalue weighted by molar-refractivity contribution is 0.0524. The Morgan fingerprint density at radius 3 is 2.54 bits per heavy atom. The predicted octanol–water partition coefficient (Wildman–Crippen LogP) is 3.35. The van der Waals surface area contributed by atoms with Crippen molar-refractivity contribution in [3.05, 3.63) is 62.5 Å². The van der Waals surface area contributed by atoms with Crippen molar-refractivity contribution in [3.63, 3.8) is 0 Å². The maximum absolute atomic E-state index is 14.5. The number of carbonyl (C=O) groups is 1. The van der Waals surface area contributed by atoms with Gasteiger partial charge in [0.15, 0.2) is 34.1 Å². The van der Waals surface area contributed by atoms with Crippen LogP contribution in [0.1, 0.15) is 17.3 Å². The van der Waals surface area contributed by atoms with Crippen molar-refractivity contribution >= 4 is 34.3 Å². The summed E-state index contributed by atoms with van der Waals surface area (Å²) >= 11 is 5.62. The van der Waals surface area contributed by atoms with Crippen LogP contribution < -0.4 is 11.2 Å². The molecule has 6 nitrogen and oxygen atoms in total. The second kappa shape index (κ2) is 7.12. The summed E-state index contributed by atoms with van der Waals surface area (Å²) in [5.41, 5.74) is 1.20. The summed E-state index contributed by atoms with van der Waals surface area (Å²) in [5, 5.41) is -1.20. The molecule has 11 heteroatoms. The van der Waals surface area contributed by atoms with Gasteiger partial charge in [-0.25, -0.2) is 27.3 Å². The summed E-state index contributed by atoms with van der Waals surface area (Å²) < 4.78 is 61.6. The zero-order valence-electron chi connectivity index (χ0n) is 14.0. The van der Waals surface area contributed by atoms with E-state index in [0.717, 1.165) is 6.20 Å². The number of esters is 1. The van der Waals surface area contributed by atoms with Gasteiger partial charge < -0.3 is 10.5 Å². The van der Waals surface area contributed by atoms with E-state index in [2.05, 4.69) is 4.98 Å². The van der Waals surface area contributed by atoms with Gasteiger partial charge in [0.05, 0.1) is 12.0 Å². The van der Waals surface area contributed by atoms with Crippen molar-refractivity contribution in [2.24, 2.45) is 0 Å². The van der Waals surface area contributed by atoms with Gasteiger partial charge in [0.2, 0.25) is 5.43 Å². The van der Waals surface area contributed by atoms with Gasteiger partial charge in [0.25, 0.3) is 0 Å². The number of benzene rings is 1. The van der Waals surface area contributed by atoms with Crippen molar-refractivity contribution < 1.29 is 27.1 Å². The number of carbonyl (C=O) groups excluding carboxylic acids is 1. The Morgan fingerprint density at radius 2 is 1.89 bits per heavy atom. The molecule has 0 radical (unpaired) electrons. The van der Waals surface area contributed by atoms with Crippen LogP contribution in [0.5, 0.6) is 0 Å². The van der Waals surface area contributed by atoms with Crippen LogP contribution in [0.15, 0.2) is 23.1 Å². The number of hydrogen-bond acceptors (Lipinski definition) is 5. The third-order valence-electron chi connectivity index (χ3n) is 3.81. The van der Waals surface area contributed by atoms with Crippen molar-refractivity contribution in [1.82, 2.24) is 9.55 Å². The minimum atomic E-state index is -1.51. The maximum Gasteiger partial charge on any atom is 0.343 e. The van der Waals surface area contributed by atoms with Crippen LogP contribution in [0.25, 0.3) is 16.7 Å². The third-order valence-corrected chi connectivity index (χ3v) is 4.07. The first-order valence-corrected chi connectivity index (χ1v) is 8.07. The van der Waals surface area contributed by atoms with E-state index in [0.29, 0.717) is 16.7 Å². The van der Waals surface area contributed by atoms with Gasteiger partial charge in [0.1, 0.15) is 16.9 Å². The van der Waals surface area contributed by atoms with Gasteiger partial charge in [-0.15, -0.1) is 0 Å². The molecule has 0 atom stereocenters. The Labute approximate surface area is 159 Å². The minimum Gasteiger partial charge on any atom is -0.462 e. The average Bonchev–Trinajstić information content (AvgIpc) is 2.63. The number of anilines is 1. The van der Waals surface area contributed by atoms with Gasteiger partial charge in [-0.3, -0.25) is 9.36 Å². The molecule has 0 aliphatic rings. The number of hydrogen-bond donors (Lipinski definition) is 1. The van der Waals surface area contributed by atoms with Gasteiger partial charge in [-0.05, 0) is 13.0 Å². The quantitative estimate of drug-likeness (QED) is 0.307. The molecule has 2 aromatic heterocycles. The van der Waals surface area contributed by atoms with Gasteiger partial charge in [-0.1, -0.05) is 11.6 Å². The Kier molecular flexibility index (Phi) is 4.99. The number of nitrogen functional groups attached to an aromatic ring is 1. The Morgan fingerprint density at radius 1 is 1.21 bits per heavy atom. The first-order chi connectivity index (χ1) is 13.2. The summed E-state index contributed by atoms with van der Waals surface area (Å²) in [4.78, 5) is 28.3. The summed E-state index contributed by atoms with van der Waals surface area (Å²) in [5.74, 6) is -6.50. The highest BCUT2D eigenvalue weighted by molar-refractivity contribution is 6.29. The van der Waals surface area contributed by atoms with Crippen LogP contribution in [-0.2, 0) is 4.74 Å². The van der Waals surface area contributed by atoms with Crippen LogP contribution in [0.2, 0.25) is 5.15 Å². The fourth-order valence-electron chi connectivity index (χ4n) is 2.54. The lowest BCUT2D eigenvalue weighted by Gasteiger charge is -2.15. The van der Waals surface area contributed by atoms with Gasteiger partial charge in [-0.2, -0.15) is 0 Å². The van der Waals surface area contributed by atoms with Crippen molar-refractivity contribution in [1.29, 1.82) is 0 Å². The normalized spacial score (nSPS) is 11.1. The molecule has 0 fully saturated rings. The van der Waals surface area contributed by atoms with Gasteiger partial charge >= 0.3 is 5.97 Å². The Hall–Kier alpha value is -3.14. The number of nitrogens with two attached hydrogens (primary N) is 1. The molecule has 146 valence electrons. The van der Waals surface area contributed by atoms with E-state index in [-0.39, 0.29) is 6.61 Å². The lowest BCUT2D eigenvalue weighted by atomic mass is 10.1. The van der Waals surface area contributed by atoms with Crippen molar-refractivity contribution in [3.8, 4) is 5.69 Å². The zero-order chi connectivity index (χ0) is 20.7. The van der Waals surface area contributed by atoms with Gasteiger partial charge in [0, 0.05) is 12.3 Å². The van der Waals surface area contributed by atoms with Crippen LogP contribution >= 0.6 is 11.6 Å². The summed E-state index contributed by atoms with van der Waals surface area (Å²) in [6.45, 7) is 1.37. The number of aromatic nitrogens is 2. The smallest absolute Gasteiger partial charge is 0.343 e. The van der Waals surface area contributed by atoms with Crippen LogP contribution in [0, 0.1) is 23.3 Å². The summed E-state index contributed by atoms with van der Waals surface area (Å²) in [6, 6.07) is 0.974. The molecule has 0 unspecified atom stereocenters. The van der Waals surface area contributed by atoms with Crippen LogP contribution in [0.3, 0.4) is 0 Å². The Bertz CT molecular complexity index is 1200.